The highest BCUT2D eigenvalue weighted by Gasteiger charge is 2.11. The van der Waals surface area contributed by atoms with Gasteiger partial charge in [0.2, 0.25) is 11.8 Å². The Labute approximate surface area is 224 Å². The standard InChI is InChI=1S/C26H22N4O2S4/c1-33-25-29-19-10-9-18(14-21(19)35-25)28-24(32)15-34-26-30-20-11-8-17(13-22(20)36-26)27-23(31)12-7-16-5-3-2-4-6-16/h2-6,8-11,13-14H,7,12,15H2,1H3,(H,27,31)(H,28,32). The molecule has 0 radical (unpaired) electrons. The summed E-state index contributed by atoms with van der Waals surface area (Å²) in [5.41, 5.74) is 4.46. The molecule has 0 unspecified atom stereocenters. The highest BCUT2D eigenvalue weighted by molar-refractivity contribution is 8.01. The van der Waals surface area contributed by atoms with Crippen molar-refractivity contribution in [3.63, 3.8) is 0 Å². The highest BCUT2D eigenvalue weighted by atomic mass is 32.2. The molecule has 5 rings (SSSR count). The second-order valence-electron chi connectivity index (χ2n) is 7.90. The van der Waals surface area contributed by atoms with E-state index in [-0.39, 0.29) is 17.6 Å². The van der Waals surface area contributed by atoms with Crippen molar-refractivity contribution < 1.29 is 9.59 Å². The number of amides is 2. The van der Waals surface area contributed by atoms with Crippen LogP contribution in [0.1, 0.15) is 12.0 Å². The Bertz CT molecular complexity index is 1530. The molecule has 5 aromatic rings. The summed E-state index contributed by atoms with van der Waals surface area (Å²) >= 11 is 6.16. The monoisotopic (exact) mass is 550 g/mol. The first-order valence-corrected chi connectivity index (χ1v) is 15.0. The molecule has 182 valence electrons. The summed E-state index contributed by atoms with van der Waals surface area (Å²) in [6.07, 6.45) is 3.13. The number of thiazole rings is 2. The molecule has 0 saturated carbocycles. The number of fused-ring (bicyclic) bond motifs is 2. The number of nitrogens with one attached hydrogen (secondary N) is 2. The van der Waals surface area contributed by atoms with E-state index in [9.17, 15) is 9.59 Å². The summed E-state index contributed by atoms with van der Waals surface area (Å²) in [4.78, 5) is 34.0. The number of hydrogen-bond acceptors (Lipinski definition) is 8. The van der Waals surface area contributed by atoms with E-state index in [1.54, 1.807) is 23.1 Å². The number of anilines is 2. The van der Waals surface area contributed by atoms with Crippen molar-refractivity contribution in [3.8, 4) is 0 Å². The molecule has 0 aliphatic heterocycles. The van der Waals surface area contributed by atoms with Gasteiger partial charge >= 0.3 is 0 Å². The molecule has 36 heavy (non-hydrogen) atoms. The maximum absolute atomic E-state index is 12.5. The fourth-order valence-electron chi connectivity index (χ4n) is 3.56. The van der Waals surface area contributed by atoms with Crippen LogP contribution >= 0.6 is 46.2 Å². The molecule has 2 N–H and O–H groups in total. The third-order valence-corrected chi connectivity index (χ3v) is 9.45. The van der Waals surface area contributed by atoms with E-state index in [2.05, 4.69) is 20.6 Å². The Morgan fingerprint density at radius 2 is 1.42 bits per heavy atom. The molecular formula is C26H22N4O2S4. The number of aryl methyl sites for hydroxylation is 1. The summed E-state index contributed by atoms with van der Waals surface area (Å²) in [6.45, 7) is 0. The smallest absolute Gasteiger partial charge is 0.234 e. The van der Waals surface area contributed by atoms with Crippen molar-refractivity contribution in [1.82, 2.24) is 9.97 Å². The van der Waals surface area contributed by atoms with Crippen LogP contribution in [0.15, 0.2) is 75.4 Å². The Kier molecular flexibility index (Phi) is 7.86. The summed E-state index contributed by atoms with van der Waals surface area (Å²) in [7, 11) is 0. The maximum Gasteiger partial charge on any atom is 0.234 e. The zero-order chi connectivity index (χ0) is 24.9. The molecule has 0 bridgehead atoms. The molecule has 10 heteroatoms. The van der Waals surface area contributed by atoms with Gasteiger partial charge < -0.3 is 10.6 Å². The lowest BCUT2D eigenvalue weighted by Crippen LogP contribution is -2.13. The van der Waals surface area contributed by atoms with Gasteiger partial charge in [0, 0.05) is 17.8 Å². The largest absolute Gasteiger partial charge is 0.326 e. The van der Waals surface area contributed by atoms with Crippen LogP contribution in [0.3, 0.4) is 0 Å². The normalized spacial score (nSPS) is 11.1. The molecule has 2 amide bonds. The minimum Gasteiger partial charge on any atom is -0.326 e. The maximum atomic E-state index is 12.5. The third-order valence-electron chi connectivity index (χ3n) is 5.29. The number of hydrogen-bond donors (Lipinski definition) is 2. The summed E-state index contributed by atoms with van der Waals surface area (Å²) < 4.78 is 3.85. The van der Waals surface area contributed by atoms with Crippen molar-refractivity contribution in [3.05, 3.63) is 72.3 Å². The molecule has 0 atom stereocenters. The van der Waals surface area contributed by atoms with Crippen LogP contribution in [0.4, 0.5) is 11.4 Å². The first kappa shape index (κ1) is 24.8. The van der Waals surface area contributed by atoms with Gasteiger partial charge in [0.1, 0.15) is 0 Å². The summed E-state index contributed by atoms with van der Waals surface area (Å²) in [5.74, 6) is 0.162. The molecule has 2 heterocycles. The van der Waals surface area contributed by atoms with Crippen LogP contribution in [-0.4, -0.2) is 33.8 Å². The summed E-state index contributed by atoms with van der Waals surface area (Å²) in [6, 6.07) is 21.4. The van der Waals surface area contributed by atoms with E-state index in [1.165, 1.54) is 23.1 Å². The van der Waals surface area contributed by atoms with Gasteiger partial charge in [0.15, 0.2) is 8.68 Å². The van der Waals surface area contributed by atoms with Gasteiger partial charge in [0.05, 0.1) is 26.2 Å². The van der Waals surface area contributed by atoms with Crippen LogP contribution in [0, 0.1) is 0 Å². The molecular weight excluding hydrogens is 529 g/mol. The van der Waals surface area contributed by atoms with Gasteiger partial charge in [0.25, 0.3) is 0 Å². The van der Waals surface area contributed by atoms with Crippen LogP contribution in [-0.2, 0) is 16.0 Å². The van der Waals surface area contributed by atoms with E-state index < -0.39 is 0 Å². The molecule has 3 aromatic carbocycles. The predicted octanol–water partition coefficient (Wildman–Crippen LogP) is 6.93. The molecule has 0 saturated heterocycles. The SMILES string of the molecule is CSc1nc2ccc(NC(=O)CSc3nc4ccc(NC(=O)CCc5ccccc5)cc4s3)cc2s1. The number of rotatable bonds is 9. The minimum absolute atomic E-state index is 0.0184. The second-order valence-corrected chi connectivity index (χ2v) is 12.2. The molecule has 2 aromatic heterocycles. The Balaban J connectivity index is 1.15. The molecule has 0 spiro atoms. The van der Waals surface area contributed by atoms with Gasteiger partial charge in [-0.3, -0.25) is 9.59 Å². The molecule has 6 nitrogen and oxygen atoms in total. The Hall–Kier alpha value is -2.92. The van der Waals surface area contributed by atoms with Crippen LogP contribution < -0.4 is 10.6 Å². The van der Waals surface area contributed by atoms with Gasteiger partial charge in [-0.2, -0.15) is 0 Å². The van der Waals surface area contributed by atoms with Crippen molar-refractivity contribution in [2.24, 2.45) is 0 Å². The zero-order valence-electron chi connectivity index (χ0n) is 19.3. The fourth-order valence-corrected chi connectivity index (χ4v) is 7.00. The van der Waals surface area contributed by atoms with Crippen molar-refractivity contribution >= 4 is 89.8 Å². The Morgan fingerprint density at radius 3 is 2.08 bits per heavy atom. The number of aromatic nitrogens is 2. The van der Waals surface area contributed by atoms with Crippen LogP contribution in [0.5, 0.6) is 0 Å². The third kappa shape index (κ3) is 6.25. The van der Waals surface area contributed by atoms with Crippen molar-refractivity contribution in [2.75, 3.05) is 22.6 Å². The van der Waals surface area contributed by atoms with Gasteiger partial charge in [-0.15, -0.1) is 22.7 Å². The highest BCUT2D eigenvalue weighted by Crippen LogP contribution is 2.32. The number of carbonyl (C=O) groups is 2. The average Bonchev–Trinajstić information content (AvgIpc) is 3.49. The number of carbonyl (C=O) groups excluding carboxylic acids is 2. The fraction of sp³-hybridized carbons (Fsp3) is 0.154. The van der Waals surface area contributed by atoms with Crippen LogP contribution in [0.25, 0.3) is 20.4 Å². The second kappa shape index (κ2) is 11.4. The minimum atomic E-state index is -0.0837. The lowest BCUT2D eigenvalue weighted by Gasteiger charge is -2.05. The van der Waals surface area contributed by atoms with Crippen LogP contribution in [0.2, 0.25) is 0 Å². The van der Waals surface area contributed by atoms with Gasteiger partial charge in [-0.25, -0.2) is 9.97 Å². The van der Waals surface area contributed by atoms with E-state index in [4.69, 9.17) is 0 Å². The predicted molar refractivity (Wildman–Crippen MR) is 154 cm³/mol. The first-order valence-electron chi connectivity index (χ1n) is 11.2. The van der Waals surface area contributed by atoms with E-state index in [0.717, 1.165) is 46.1 Å². The van der Waals surface area contributed by atoms with Gasteiger partial charge in [-0.1, -0.05) is 53.9 Å². The lowest BCUT2D eigenvalue weighted by atomic mass is 10.1. The van der Waals surface area contributed by atoms with Crippen molar-refractivity contribution in [1.29, 1.82) is 0 Å². The van der Waals surface area contributed by atoms with E-state index in [0.29, 0.717) is 12.8 Å². The number of benzene rings is 3. The average molecular weight is 551 g/mol. The summed E-state index contributed by atoms with van der Waals surface area (Å²) in [5, 5.41) is 5.93. The molecule has 0 aliphatic carbocycles. The Morgan fingerprint density at radius 1 is 0.806 bits per heavy atom. The van der Waals surface area contributed by atoms with Crippen molar-refractivity contribution in [2.45, 2.75) is 21.5 Å². The molecule has 0 aliphatic rings. The van der Waals surface area contributed by atoms with E-state index >= 15 is 0 Å². The topological polar surface area (TPSA) is 84.0 Å². The van der Waals surface area contributed by atoms with E-state index in [1.807, 2.05) is 73.0 Å². The number of nitrogens with zero attached hydrogens (tertiary/aromatic N) is 2. The quantitative estimate of drug-likeness (QED) is 0.194. The zero-order valence-corrected chi connectivity index (χ0v) is 22.6. The first-order chi connectivity index (χ1) is 17.6. The number of thioether (sulfide) groups is 2. The van der Waals surface area contributed by atoms with Gasteiger partial charge in [-0.05, 0) is 54.6 Å². The lowest BCUT2D eigenvalue weighted by molar-refractivity contribution is -0.116. The molecule has 0 fully saturated rings.